The van der Waals surface area contributed by atoms with Gasteiger partial charge in [-0.1, -0.05) is 170 Å². The van der Waals surface area contributed by atoms with Crippen molar-refractivity contribution in [1.29, 1.82) is 0 Å². The minimum atomic E-state index is -0.417. The first-order valence-electron chi connectivity index (χ1n) is 20.5. The molecule has 0 unspecified atom stereocenters. The van der Waals surface area contributed by atoms with Gasteiger partial charge in [0.2, 0.25) is 0 Å². The zero-order valence-corrected chi connectivity index (χ0v) is 26.4. The van der Waals surface area contributed by atoms with Gasteiger partial charge in [-0.15, -0.1) is 0 Å². The van der Waals surface area contributed by atoms with Crippen molar-refractivity contribution in [3.8, 4) is 55.6 Å². The molecule has 0 N–H and O–H groups in total. The van der Waals surface area contributed by atoms with Crippen LogP contribution in [0.1, 0.15) is 22.1 Å². The Hall–Kier alpha value is -6.24. The third-order valence-electron chi connectivity index (χ3n) is 9.92. The van der Waals surface area contributed by atoms with E-state index in [-0.39, 0.29) is 45.7 Å². The maximum absolute atomic E-state index is 9.48. The van der Waals surface area contributed by atoms with Crippen molar-refractivity contribution < 1.29 is 11.0 Å². The van der Waals surface area contributed by atoms with E-state index in [0.29, 0.717) is 22.3 Å². The van der Waals surface area contributed by atoms with E-state index in [1.54, 1.807) is 0 Å². The molecule has 9 aromatic carbocycles. The second-order valence-corrected chi connectivity index (χ2v) is 12.6. The molecule has 0 amide bonds. The molecule has 0 aliphatic heterocycles. The highest BCUT2D eigenvalue weighted by Crippen LogP contribution is 2.48. The molecule has 1 aliphatic carbocycles. The minimum absolute atomic E-state index is 0.203. The van der Waals surface area contributed by atoms with Crippen LogP contribution in [0, 0.1) is 0 Å². The first-order chi connectivity index (χ1) is 27.6. The Kier molecular flexibility index (Phi) is 4.77. The van der Waals surface area contributed by atoms with Crippen molar-refractivity contribution in [2.45, 2.75) is 6.42 Å². The highest BCUT2D eigenvalue weighted by atomic mass is 14.3. The molecule has 0 fully saturated rings. The Morgan fingerprint density at radius 1 is 0.347 bits per heavy atom. The summed E-state index contributed by atoms with van der Waals surface area (Å²) in [5.74, 6) is 0. The molecule has 0 spiro atoms. The maximum Gasteiger partial charge on any atom is 0.0629 e. The van der Waals surface area contributed by atoms with Gasteiger partial charge in [-0.25, -0.2) is 0 Å². The molecule has 10 rings (SSSR count). The standard InChI is InChI=1S/C49H32/c1-2-12-32(13-3-1)33-22-24-34(25-23-33)40-16-6-7-17-41(40)49-44-20-10-8-18-42(44)48(43-19-9-11-21-45(43)49)38-27-26-37-29-39-28-35-14-4-5-15-36(35)30-47(39)46(37)31-38/h1-28,30-31H,29H2/i8D,9D,10D,11D,18D,19D,20D,21D. The van der Waals surface area contributed by atoms with Gasteiger partial charge in [0.05, 0.1) is 11.0 Å². The lowest BCUT2D eigenvalue weighted by Crippen LogP contribution is -1.93. The van der Waals surface area contributed by atoms with Crippen LogP contribution >= 0.6 is 0 Å². The molecule has 0 saturated carbocycles. The summed E-state index contributed by atoms with van der Waals surface area (Å²) in [5, 5.41) is 3.07. The molecular formula is C49H32. The number of rotatable bonds is 4. The molecule has 1 aliphatic rings. The lowest BCUT2D eigenvalue weighted by atomic mass is 9.83. The highest BCUT2D eigenvalue weighted by molar-refractivity contribution is 6.22. The van der Waals surface area contributed by atoms with E-state index >= 15 is 0 Å². The molecule has 228 valence electrons. The van der Waals surface area contributed by atoms with Crippen LogP contribution in [0.3, 0.4) is 0 Å². The summed E-state index contributed by atoms with van der Waals surface area (Å²) < 4.78 is 73.5. The van der Waals surface area contributed by atoms with Crippen molar-refractivity contribution in [2.24, 2.45) is 0 Å². The summed E-state index contributed by atoms with van der Waals surface area (Å²) in [6.07, 6.45) is 0.735. The van der Waals surface area contributed by atoms with E-state index in [9.17, 15) is 5.48 Å². The Balaban J connectivity index is 1.32. The fourth-order valence-corrected chi connectivity index (χ4v) is 7.64. The third-order valence-corrected chi connectivity index (χ3v) is 9.92. The van der Waals surface area contributed by atoms with Gasteiger partial charge >= 0.3 is 0 Å². The summed E-state index contributed by atoms with van der Waals surface area (Å²) in [7, 11) is 0. The van der Waals surface area contributed by atoms with Gasteiger partial charge in [-0.3, -0.25) is 0 Å². The van der Waals surface area contributed by atoms with Crippen LogP contribution in [-0.2, 0) is 6.42 Å². The molecule has 9 aromatic rings. The van der Waals surface area contributed by atoms with Crippen molar-refractivity contribution in [1.82, 2.24) is 0 Å². The van der Waals surface area contributed by atoms with Gasteiger partial charge in [0.1, 0.15) is 0 Å². The fourth-order valence-electron chi connectivity index (χ4n) is 7.64. The van der Waals surface area contributed by atoms with E-state index in [1.807, 2.05) is 109 Å². The monoisotopic (exact) mass is 628 g/mol. The van der Waals surface area contributed by atoms with Crippen LogP contribution in [0.15, 0.2) is 182 Å². The molecule has 0 heteroatoms. The predicted octanol–water partition coefficient (Wildman–Crippen LogP) is 13.4. The second kappa shape index (κ2) is 11.2. The normalized spacial score (nSPS) is 14.3. The Morgan fingerprint density at radius 2 is 0.857 bits per heavy atom. The van der Waals surface area contributed by atoms with E-state index in [1.165, 1.54) is 5.56 Å². The summed E-state index contributed by atoms with van der Waals surface area (Å²) in [4.78, 5) is 0. The molecule has 0 radical (unpaired) electrons. The molecular weight excluding hydrogens is 589 g/mol. The van der Waals surface area contributed by atoms with Crippen LogP contribution in [0.25, 0.3) is 88.0 Å². The molecule has 49 heavy (non-hydrogen) atoms. The van der Waals surface area contributed by atoms with Gasteiger partial charge in [-0.2, -0.15) is 0 Å². The van der Waals surface area contributed by atoms with Crippen LogP contribution in [0.5, 0.6) is 0 Å². The Morgan fingerprint density at radius 3 is 1.55 bits per heavy atom. The Bertz CT molecular complexity index is 3090. The van der Waals surface area contributed by atoms with Gasteiger partial charge < -0.3 is 0 Å². The van der Waals surface area contributed by atoms with E-state index < -0.39 is 24.2 Å². The summed E-state index contributed by atoms with van der Waals surface area (Å²) in [6, 6.07) is 41.5. The first kappa shape index (κ1) is 20.9. The summed E-state index contributed by atoms with van der Waals surface area (Å²) >= 11 is 0. The largest absolute Gasteiger partial charge is 0.0629 e. The topological polar surface area (TPSA) is 0 Å². The summed E-state index contributed by atoms with van der Waals surface area (Å²) in [6.45, 7) is 0. The SMILES string of the molecule is [2H]c1c([2H])c([2H])c2c(-c3ccccc3-c3ccc(-c4ccccc4)cc3)c3c([2H])c([2H])c([2H])c([2H])c3c(-c3ccc4c(c3)-c3cc5ccccc5cc3C4)c2c1[2H]. The average Bonchev–Trinajstić information content (AvgIpc) is 3.61. The lowest BCUT2D eigenvalue weighted by molar-refractivity contribution is 1.27. The molecule has 0 bridgehead atoms. The predicted molar refractivity (Wildman–Crippen MR) is 209 cm³/mol. The zero-order valence-electron chi connectivity index (χ0n) is 34.4. The van der Waals surface area contributed by atoms with Crippen LogP contribution in [-0.4, -0.2) is 0 Å². The number of hydrogen-bond acceptors (Lipinski definition) is 0. The molecule has 0 heterocycles. The van der Waals surface area contributed by atoms with Crippen LogP contribution in [0.4, 0.5) is 0 Å². The van der Waals surface area contributed by atoms with E-state index in [0.717, 1.165) is 56.1 Å². The summed E-state index contributed by atoms with van der Waals surface area (Å²) in [5.41, 5.74) is 9.96. The first-order valence-corrected chi connectivity index (χ1v) is 16.5. The van der Waals surface area contributed by atoms with Gasteiger partial charge in [0.15, 0.2) is 0 Å². The smallest absolute Gasteiger partial charge is 0.0622 e. The van der Waals surface area contributed by atoms with Gasteiger partial charge in [0.25, 0.3) is 0 Å². The average molecular weight is 629 g/mol. The van der Waals surface area contributed by atoms with Gasteiger partial charge in [-0.05, 0) is 118 Å². The van der Waals surface area contributed by atoms with Crippen molar-refractivity contribution in [3.05, 3.63) is 193 Å². The fraction of sp³-hybridized carbons (Fsp3) is 0.0204. The number of hydrogen-bond donors (Lipinski definition) is 0. The van der Waals surface area contributed by atoms with Crippen LogP contribution in [0.2, 0.25) is 0 Å². The second-order valence-electron chi connectivity index (χ2n) is 12.6. The lowest BCUT2D eigenvalue weighted by Gasteiger charge is -2.20. The number of fused-ring (bicyclic) bond motifs is 6. The van der Waals surface area contributed by atoms with E-state index in [4.69, 9.17) is 5.48 Å². The number of benzene rings is 9. The van der Waals surface area contributed by atoms with Gasteiger partial charge in [0, 0.05) is 0 Å². The molecule has 0 atom stereocenters. The third kappa shape index (κ3) is 4.53. The van der Waals surface area contributed by atoms with Crippen LogP contribution < -0.4 is 0 Å². The maximum atomic E-state index is 9.48. The van der Waals surface area contributed by atoms with Crippen molar-refractivity contribution in [2.75, 3.05) is 0 Å². The molecule has 0 nitrogen and oxygen atoms in total. The Labute approximate surface area is 297 Å². The molecule has 0 saturated heterocycles. The molecule has 0 aromatic heterocycles. The highest BCUT2D eigenvalue weighted by Gasteiger charge is 2.23. The quantitative estimate of drug-likeness (QED) is 0.170. The minimum Gasteiger partial charge on any atom is -0.0622 e. The van der Waals surface area contributed by atoms with Crippen molar-refractivity contribution in [3.63, 3.8) is 0 Å². The zero-order chi connectivity index (χ0) is 39.3. The van der Waals surface area contributed by atoms with Crippen molar-refractivity contribution >= 4 is 32.3 Å². The van der Waals surface area contributed by atoms with E-state index in [2.05, 4.69) is 24.3 Å².